The number of carbonyl (C=O) groups is 2. The summed E-state index contributed by atoms with van der Waals surface area (Å²) in [5.41, 5.74) is 1.21. The second-order valence-electron chi connectivity index (χ2n) is 3.19. The number of thioether (sulfide) groups is 1. The largest absolute Gasteiger partial charge is 0.361 e. The minimum absolute atomic E-state index is 0.185. The smallest absolute Gasteiger partial charge is 0.286 e. The first kappa shape index (κ1) is 10.8. The van der Waals surface area contributed by atoms with E-state index in [9.17, 15) is 9.59 Å². The third kappa shape index (κ3) is 2.64. The van der Waals surface area contributed by atoms with Crippen molar-refractivity contribution in [3.05, 3.63) is 36.5 Å². The van der Waals surface area contributed by atoms with Gasteiger partial charge in [-0.2, -0.15) is 0 Å². The molecule has 1 aromatic carbocycles. The second-order valence-corrected chi connectivity index (χ2v) is 4.14. The van der Waals surface area contributed by atoms with Gasteiger partial charge in [-0.25, -0.2) is 0 Å². The van der Waals surface area contributed by atoms with E-state index in [2.05, 4.69) is 28.5 Å². The van der Waals surface area contributed by atoms with Crippen molar-refractivity contribution in [2.45, 2.75) is 0 Å². The Kier molecular flexibility index (Phi) is 3.26. The Bertz CT molecular complexity index is 477. The summed E-state index contributed by atoms with van der Waals surface area (Å²) in [5, 5.41) is 3.15. The van der Waals surface area contributed by atoms with Gasteiger partial charge in [0.15, 0.2) is 0 Å². The molecule has 16 heavy (non-hydrogen) atoms. The van der Waals surface area contributed by atoms with Crippen LogP contribution in [-0.2, 0) is 4.79 Å². The first-order valence-corrected chi connectivity index (χ1v) is 5.73. The van der Waals surface area contributed by atoms with Gasteiger partial charge in [-0.3, -0.25) is 14.9 Å². The van der Waals surface area contributed by atoms with Crippen molar-refractivity contribution < 1.29 is 9.59 Å². The number of benzene rings is 1. The molecule has 2 heterocycles. The third-order valence-corrected chi connectivity index (χ3v) is 2.81. The summed E-state index contributed by atoms with van der Waals surface area (Å²) in [6.07, 6.45) is 1.95. The zero-order chi connectivity index (χ0) is 11.4. The molecule has 0 unspecified atom stereocenters. The molecule has 1 aliphatic rings. The number of fused-ring (bicyclic) bond motifs is 1. The van der Waals surface area contributed by atoms with Crippen LogP contribution in [-0.4, -0.2) is 21.9 Å². The van der Waals surface area contributed by atoms with Crippen LogP contribution in [0.1, 0.15) is 0 Å². The monoisotopic (exact) mass is 234 g/mol. The number of aromatic nitrogens is 1. The van der Waals surface area contributed by atoms with Crippen molar-refractivity contribution >= 4 is 33.8 Å². The minimum Gasteiger partial charge on any atom is -0.361 e. The molecule has 4 nitrogen and oxygen atoms in total. The van der Waals surface area contributed by atoms with E-state index in [1.165, 1.54) is 10.9 Å². The van der Waals surface area contributed by atoms with Gasteiger partial charge in [-0.05, 0) is 17.5 Å². The topological polar surface area (TPSA) is 62.0 Å². The molecule has 0 spiro atoms. The summed E-state index contributed by atoms with van der Waals surface area (Å²) < 4.78 is 0. The molecule has 2 amide bonds. The number of H-pyrrole nitrogens is 1. The Hall–Kier alpha value is -1.75. The highest BCUT2D eigenvalue weighted by Crippen LogP contribution is 2.09. The Morgan fingerprint density at radius 3 is 2.50 bits per heavy atom. The van der Waals surface area contributed by atoms with Gasteiger partial charge in [0, 0.05) is 11.7 Å². The van der Waals surface area contributed by atoms with Crippen molar-refractivity contribution in [3.63, 3.8) is 0 Å². The quantitative estimate of drug-likeness (QED) is 0.734. The van der Waals surface area contributed by atoms with Crippen molar-refractivity contribution in [1.82, 2.24) is 10.3 Å². The fourth-order valence-electron chi connectivity index (χ4n) is 1.31. The molecular weight excluding hydrogens is 224 g/mol. The van der Waals surface area contributed by atoms with Crippen LogP contribution in [0.15, 0.2) is 36.5 Å². The molecular formula is C11H10N2O2S. The van der Waals surface area contributed by atoms with Gasteiger partial charge in [0.2, 0.25) is 5.91 Å². The number of hydrogen-bond acceptors (Lipinski definition) is 3. The van der Waals surface area contributed by atoms with Gasteiger partial charge in [0.25, 0.3) is 5.24 Å². The number of aromatic amines is 1. The first-order valence-electron chi connectivity index (χ1n) is 4.74. The van der Waals surface area contributed by atoms with Crippen LogP contribution in [0.25, 0.3) is 10.9 Å². The maximum Gasteiger partial charge on any atom is 0.286 e. The van der Waals surface area contributed by atoms with E-state index in [0.717, 1.165) is 11.8 Å². The average Bonchev–Trinajstić information content (AvgIpc) is 2.88. The summed E-state index contributed by atoms with van der Waals surface area (Å²) >= 11 is 1.01. The summed E-state index contributed by atoms with van der Waals surface area (Å²) in [5.74, 6) is 0.105. The van der Waals surface area contributed by atoms with E-state index in [0.29, 0.717) is 5.75 Å². The molecule has 1 aliphatic heterocycles. The summed E-state index contributed by atoms with van der Waals surface area (Å²) in [7, 11) is 0. The molecule has 3 rings (SSSR count). The Morgan fingerprint density at radius 2 is 1.94 bits per heavy atom. The molecule has 1 fully saturated rings. The van der Waals surface area contributed by atoms with Crippen LogP contribution in [0.3, 0.4) is 0 Å². The predicted octanol–water partition coefficient (Wildman–Crippen LogP) is 2.14. The van der Waals surface area contributed by atoms with E-state index < -0.39 is 0 Å². The molecule has 82 valence electrons. The molecule has 0 atom stereocenters. The highest BCUT2D eigenvalue weighted by atomic mass is 32.2. The van der Waals surface area contributed by atoms with Crippen molar-refractivity contribution in [1.29, 1.82) is 0 Å². The number of imide groups is 1. The van der Waals surface area contributed by atoms with Crippen LogP contribution in [0, 0.1) is 0 Å². The number of nitrogens with one attached hydrogen (secondary N) is 2. The molecule has 0 aliphatic carbocycles. The predicted molar refractivity (Wildman–Crippen MR) is 64.3 cm³/mol. The van der Waals surface area contributed by atoms with Crippen LogP contribution in [0.4, 0.5) is 4.79 Å². The van der Waals surface area contributed by atoms with Gasteiger partial charge in [0.05, 0.1) is 5.75 Å². The molecule has 1 aromatic heterocycles. The number of rotatable bonds is 0. The van der Waals surface area contributed by atoms with E-state index in [4.69, 9.17) is 0 Å². The zero-order valence-electron chi connectivity index (χ0n) is 8.40. The van der Waals surface area contributed by atoms with E-state index >= 15 is 0 Å². The average molecular weight is 234 g/mol. The van der Waals surface area contributed by atoms with Crippen LogP contribution in [0.5, 0.6) is 0 Å². The molecule has 1 saturated heterocycles. The summed E-state index contributed by atoms with van der Waals surface area (Å²) in [4.78, 5) is 23.3. The molecule has 0 saturated carbocycles. The molecule has 2 N–H and O–H groups in total. The highest BCUT2D eigenvalue weighted by molar-refractivity contribution is 8.14. The molecule has 5 heteroatoms. The molecule has 2 aromatic rings. The maximum atomic E-state index is 10.1. The summed E-state index contributed by atoms with van der Waals surface area (Å²) in [6, 6.07) is 10.3. The van der Waals surface area contributed by atoms with Gasteiger partial charge >= 0.3 is 0 Å². The Labute approximate surface area is 96.4 Å². The Morgan fingerprint density at radius 1 is 1.12 bits per heavy atom. The summed E-state index contributed by atoms with van der Waals surface area (Å²) in [6.45, 7) is 0. The lowest BCUT2D eigenvalue weighted by atomic mass is 10.3. The number of hydrogen-bond donors (Lipinski definition) is 2. The lowest BCUT2D eigenvalue weighted by Crippen LogP contribution is -2.18. The van der Waals surface area contributed by atoms with Crippen LogP contribution < -0.4 is 5.32 Å². The van der Waals surface area contributed by atoms with Crippen LogP contribution >= 0.6 is 11.8 Å². The molecule has 0 radical (unpaired) electrons. The second kappa shape index (κ2) is 4.85. The van der Waals surface area contributed by atoms with E-state index in [1.807, 2.05) is 18.3 Å². The fourth-order valence-corrected chi connectivity index (χ4v) is 1.83. The minimum atomic E-state index is -0.231. The van der Waals surface area contributed by atoms with Gasteiger partial charge in [-0.1, -0.05) is 30.0 Å². The van der Waals surface area contributed by atoms with E-state index in [-0.39, 0.29) is 11.1 Å². The molecule has 0 bridgehead atoms. The lowest BCUT2D eigenvalue weighted by Gasteiger charge is -1.83. The van der Waals surface area contributed by atoms with Gasteiger partial charge < -0.3 is 4.98 Å². The van der Waals surface area contributed by atoms with Gasteiger partial charge in [-0.15, -0.1) is 0 Å². The number of carbonyl (C=O) groups excluding carboxylic acids is 2. The van der Waals surface area contributed by atoms with Crippen LogP contribution in [0.2, 0.25) is 0 Å². The standard InChI is InChI=1S/C8H7N.C3H3NO2S/c1-2-4-8-7(3-1)5-6-9-8;5-2-1-7-3(6)4-2/h1-6,9H;1H2,(H,4,5,6). The normalized spacial score (nSPS) is 14.5. The fraction of sp³-hybridized carbons (Fsp3) is 0.0909. The number of para-hydroxylation sites is 1. The zero-order valence-corrected chi connectivity index (χ0v) is 9.21. The SMILES string of the molecule is O=C1CSC(=O)N1.c1ccc2[nH]ccc2c1. The third-order valence-electron chi connectivity index (χ3n) is 2.04. The number of amides is 2. The van der Waals surface area contributed by atoms with Crippen molar-refractivity contribution in [2.24, 2.45) is 0 Å². The highest BCUT2D eigenvalue weighted by Gasteiger charge is 2.16. The first-order chi connectivity index (χ1) is 7.75. The van der Waals surface area contributed by atoms with Crippen molar-refractivity contribution in [2.75, 3.05) is 5.75 Å². The van der Waals surface area contributed by atoms with Gasteiger partial charge in [0.1, 0.15) is 0 Å². The maximum absolute atomic E-state index is 10.1. The lowest BCUT2D eigenvalue weighted by molar-refractivity contribution is -0.117. The van der Waals surface area contributed by atoms with E-state index in [1.54, 1.807) is 0 Å². The Balaban J connectivity index is 0.000000125. The van der Waals surface area contributed by atoms with Crippen molar-refractivity contribution in [3.8, 4) is 0 Å².